The molecule has 1 saturated heterocycles. The summed E-state index contributed by atoms with van der Waals surface area (Å²) in [5, 5.41) is 8.95. The summed E-state index contributed by atoms with van der Waals surface area (Å²) in [5.41, 5.74) is 0.588. The Kier molecular flexibility index (Phi) is 3.85. The summed E-state index contributed by atoms with van der Waals surface area (Å²) in [6, 6.07) is 6.52. The third kappa shape index (κ3) is 2.93. The largest absolute Gasteiger partial charge is 0.478 e. The van der Waals surface area contributed by atoms with Crippen LogP contribution in [-0.2, 0) is 0 Å². The summed E-state index contributed by atoms with van der Waals surface area (Å²) in [6.07, 6.45) is 0. The number of aromatic carboxylic acids is 1. The van der Waals surface area contributed by atoms with Crippen molar-refractivity contribution in [3.05, 3.63) is 35.4 Å². The van der Waals surface area contributed by atoms with Crippen LogP contribution in [0, 0.1) is 0 Å². The molecule has 2 rings (SSSR count). The minimum Gasteiger partial charge on any atom is -0.478 e. The number of amides is 1. The molecule has 1 heterocycles. The lowest BCUT2D eigenvalue weighted by Crippen LogP contribution is -2.52. The fraction of sp³-hybridized carbons (Fsp3) is 0.429. The Balaban J connectivity index is 2.16. The van der Waals surface area contributed by atoms with Gasteiger partial charge in [-0.1, -0.05) is 6.07 Å². The lowest BCUT2D eigenvalue weighted by molar-refractivity contribution is 0.0572. The molecule has 1 aliphatic rings. The first kappa shape index (κ1) is 13.5. The number of nitrogens with zero attached hydrogens (tertiary/aromatic N) is 2. The number of carboxylic acid groups (broad SMARTS) is 1. The fourth-order valence-corrected chi connectivity index (χ4v) is 2.20. The topological polar surface area (TPSA) is 60.9 Å². The van der Waals surface area contributed by atoms with Gasteiger partial charge in [-0.05, 0) is 32.2 Å². The average molecular weight is 262 g/mol. The Bertz CT molecular complexity index is 501. The highest BCUT2D eigenvalue weighted by Crippen LogP contribution is 2.13. The van der Waals surface area contributed by atoms with E-state index in [0.717, 1.165) is 6.54 Å². The standard InChI is InChI=1S/C14H18N2O3/c1-10-9-16(7-6-15(10)2)13(17)11-4-3-5-12(8-11)14(18)19/h3-5,8,10H,6-7,9H2,1-2H3,(H,18,19). The number of carbonyl (C=O) groups is 2. The molecular formula is C14H18N2O3. The van der Waals surface area contributed by atoms with Crippen LogP contribution < -0.4 is 0 Å². The maximum absolute atomic E-state index is 12.3. The molecular weight excluding hydrogens is 244 g/mol. The summed E-state index contributed by atoms with van der Waals surface area (Å²) in [6.45, 7) is 4.27. The number of rotatable bonds is 2. The number of benzene rings is 1. The van der Waals surface area contributed by atoms with E-state index in [4.69, 9.17) is 5.11 Å². The molecule has 1 aliphatic heterocycles. The van der Waals surface area contributed by atoms with E-state index in [1.165, 1.54) is 12.1 Å². The number of hydrogen-bond acceptors (Lipinski definition) is 3. The molecule has 1 aromatic rings. The van der Waals surface area contributed by atoms with Gasteiger partial charge in [0.15, 0.2) is 0 Å². The Morgan fingerprint density at radius 2 is 1.95 bits per heavy atom. The molecule has 1 fully saturated rings. The van der Waals surface area contributed by atoms with Crippen molar-refractivity contribution in [3.8, 4) is 0 Å². The van der Waals surface area contributed by atoms with Crippen molar-refractivity contribution < 1.29 is 14.7 Å². The van der Waals surface area contributed by atoms with Gasteiger partial charge in [0.1, 0.15) is 0 Å². The first-order chi connectivity index (χ1) is 8.99. The van der Waals surface area contributed by atoms with E-state index in [0.29, 0.717) is 24.7 Å². The first-order valence-electron chi connectivity index (χ1n) is 6.32. The zero-order valence-electron chi connectivity index (χ0n) is 11.2. The van der Waals surface area contributed by atoms with E-state index in [1.54, 1.807) is 17.0 Å². The normalized spacial score (nSPS) is 20.3. The van der Waals surface area contributed by atoms with Crippen LogP contribution >= 0.6 is 0 Å². The number of piperazine rings is 1. The third-order valence-corrected chi connectivity index (χ3v) is 3.60. The molecule has 0 spiro atoms. The molecule has 5 nitrogen and oxygen atoms in total. The minimum absolute atomic E-state index is 0.0944. The highest BCUT2D eigenvalue weighted by molar-refractivity contribution is 5.97. The number of carbonyl (C=O) groups excluding carboxylic acids is 1. The Labute approximate surface area is 112 Å². The monoisotopic (exact) mass is 262 g/mol. The van der Waals surface area contributed by atoms with Crippen molar-refractivity contribution in [1.82, 2.24) is 9.80 Å². The van der Waals surface area contributed by atoms with E-state index in [-0.39, 0.29) is 11.5 Å². The predicted octanol–water partition coefficient (Wildman–Crippen LogP) is 1.16. The molecule has 0 aliphatic carbocycles. The molecule has 1 N–H and O–H groups in total. The molecule has 102 valence electrons. The van der Waals surface area contributed by atoms with E-state index < -0.39 is 5.97 Å². The summed E-state index contributed by atoms with van der Waals surface area (Å²) in [4.78, 5) is 27.2. The van der Waals surface area contributed by atoms with Gasteiger partial charge in [-0.2, -0.15) is 0 Å². The molecule has 5 heteroatoms. The summed E-state index contributed by atoms with van der Waals surface area (Å²) in [7, 11) is 2.04. The van der Waals surface area contributed by atoms with Crippen LogP contribution in [0.1, 0.15) is 27.6 Å². The van der Waals surface area contributed by atoms with E-state index >= 15 is 0 Å². The van der Waals surface area contributed by atoms with Crippen molar-refractivity contribution in [2.24, 2.45) is 0 Å². The lowest BCUT2D eigenvalue weighted by atomic mass is 10.1. The van der Waals surface area contributed by atoms with Gasteiger partial charge in [0.25, 0.3) is 5.91 Å². The highest BCUT2D eigenvalue weighted by Gasteiger charge is 2.25. The van der Waals surface area contributed by atoms with Gasteiger partial charge in [-0.25, -0.2) is 4.79 Å². The molecule has 0 bridgehead atoms. The van der Waals surface area contributed by atoms with Crippen LogP contribution in [0.2, 0.25) is 0 Å². The molecule has 1 aromatic carbocycles. The Morgan fingerprint density at radius 1 is 1.26 bits per heavy atom. The van der Waals surface area contributed by atoms with Crippen molar-refractivity contribution in [2.75, 3.05) is 26.7 Å². The van der Waals surface area contributed by atoms with Crippen LogP contribution in [-0.4, -0.2) is 59.5 Å². The van der Waals surface area contributed by atoms with E-state index in [2.05, 4.69) is 11.8 Å². The van der Waals surface area contributed by atoms with Crippen LogP contribution in [0.5, 0.6) is 0 Å². The smallest absolute Gasteiger partial charge is 0.335 e. The van der Waals surface area contributed by atoms with Crippen molar-refractivity contribution in [3.63, 3.8) is 0 Å². The third-order valence-electron chi connectivity index (χ3n) is 3.60. The van der Waals surface area contributed by atoms with Crippen LogP contribution in [0.4, 0.5) is 0 Å². The van der Waals surface area contributed by atoms with Gasteiger partial charge in [0, 0.05) is 31.2 Å². The van der Waals surface area contributed by atoms with Gasteiger partial charge >= 0.3 is 5.97 Å². The van der Waals surface area contributed by atoms with E-state index in [9.17, 15) is 9.59 Å². The second-order valence-electron chi connectivity index (χ2n) is 4.97. The summed E-state index contributed by atoms with van der Waals surface area (Å²) >= 11 is 0. The second-order valence-corrected chi connectivity index (χ2v) is 4.97. The molecule has 19 heavy (non-hydrogen) atoms. The molecule has 1 atom stereocenters. The molecule has 1 unspecified atom stereocenters. The van der Waals surface area contributed by atoms with Gasteiger partial charge in [-0.15, -0.1) is 0 Å². The van der Waals surface area contributed by atoms with Crippen LogP contribution in [0.3, 0.4) is 0 Å². The molecule has 0 aromatic heterocycles. The lowest BCUT2D eigenvalue weighted by Gasteiger charge is -2.37. The zero-order chi connectivity index (χ0) is 14.0. The quantitative estimate of drug-likeness (QED) is 0.869. The summed E-state index contributed by atoms with van der Waals surface area (Å²) in [5.74, 6) is -1.11. The van der Waals surface area contributed by atoms with Gasteiger partial charge in [0.05, 0.1) is 5.56 Å². The average Bonchev–Trinajstić information content (AvgIpc) is 2.41. The Morgan fingerprint density at radius 3 is 2.58 bits per heavy atom. The predicted molar refractivity (Wildman–Crippen MR) is 71.4 cm³/mol. The van der Waals surface area contributed by atoms with Gasteiger partial charge in [0.2, 0.25) is 0 Å². The van der Waals surface area contributed by atoms with Crippen molar-refractivity contribution in [1.29, 1.82) is 0 Å². The zero-order valence-corrected chi connectivity index (χ0v) is 11.2. The molecule has 1 amide bonds. The van der Waals surface area contributed by atoms with Crippen molar-refractivity contribution in [2.45, 2.75) is 13.0 Å². The van der Waals surface area contributed by atoms with E-state index in [1.807, 2.05) is 7.05 Å². The number of likely N-dealkylation sites (N-methyl/N-ethyl adjacent to an activating group) is 1. The van der Waals surface area contributed by atoms with Gasteiger partial charge in [-0.3, -0.25) is 4.79 Å². The first-order valence-corrected chi connectivity index (χ1v) is 6.32. The highest BCUT2D eigenvalue weighted by atomic mass is 16.4. The maximum atomic E-state index is 12.3. The SMILES string of the molecule is CC1CN(C(=O)c2cccc(C(=O)O)c2)CCN1C. The molecule has 0 saturated carbocycles. The van der Waals surface area contributed by atoms with Crippen molar-refractivity contribution >= 4 is 11.9 Å². The minimum atomic E-state index is -1.01. The summed E-state index contributed by atoms with van der Waals surface area (Å²) < 4.78 is 0. The fourth-order valence-electron chi connectivity index (χ4n) is 2.20. The second kappa shape index (κ2) is 5.40. The number of carboxylic acids is 1. The molecule has 0 radical (unpaired) electrons. The van der Waals surface area contributed by atoms with Crippen LogP contribution in [0.15, 0.2) is 24.3 Å². The van der Waals surface area contributed by atoms with Crippen LogP contribution in [0.25, 0.3) is 0 Å². The maximum Gasteiger partial charge on any atom is 0.335 e. The number of hydrogen-bond donors (Lipinski definition) is 1. The van der Waals surface area contributed by atoms with Gasteiger partial charge < -0.3 is 14.9 Å². The Hall–Kier alpha value is -1.88.